The summed E-state index contributed by atoms with van der Waals surface area (Å²) in [6, 6.07) is 8.60. The molecule has 1 rings (SSSR count). The second-order valence-electron chi connectivity index (χ2n) is 2.50. The molecule has 0 bridgehead atoms. The van der Waals surface area contributed by atoms with E-state index in [1.165, 1.54) is 0 Å². The van der Waals surface area contributed by atoms with Crippen LogP contribution in [0.25, 0.3) is 0 Å². The lowest BCUT2D eigenvalue weighted by atomic mass is 10.2. The Morgan fingerprint density at radius 1 is 1.36 bits per heavy atom. The molecule has 0 saturated heterocycles. The van der Waals surface area contributed by atoms with Gasteiger partial charge in [-0.05, 0) is 12.1 Å². The van der Waals surface area contributed by atoms with Crippen LogP contribution in [0.4, 0.5) is 0 Å². The van der Waals surface area contributed by atoms with Crippen molar-refractivity contribution in [1.29, 1.82) is 0 Å². The molecule has 2 N–H and O–H groups in total. The van der Waals surface area contributed by atoms with Crippen LogP contribution in [0, 0.1) is 0 Å². The molecule has 4 nitrogen and oxygen atoms in total. The van der Waals surface area contributed by atoms with Crippen LogP contribution in [0.2, 0.25) is 0 Å². The summed E-state index contributed by atoms with van der Waals surface area (Å²) in [6.07, 6.45) is 0.479. The molecule has 14 heavy (non-hydrogen) atoms. The monoisotopic (exact) mass is 212 g/mol. The van der Waals surface area contributed by atoms with Crippen molar-refractivity contribution in [2.45, 2.75) is 5.50 Å². The van der Waals surface area contributed by atoms with Crippen LogP contribution >= 0.6 is 11.6 Å². The predicted octanol–water partition coefficient (Wildman–Crippen LogP) is 0.685. The summed E-state index contributed by atoms with van der Waals surface area (Å²) in [7, 11) is 0. The Kier molecular flexibility index (Phi) is 4.10. The van der Waals surface area contributed by atoms with Crippen LogP contribution in [-0.4, -0.2) is 17.7 Å². The fraction of sp³-hybridized carbons (Fsp3) is 0.111. The van der Waals surface area contributed by atoms with Crippen LogP contribution < -0.4 is 10.9 Å². The number of benzene rings is 1. The average molecular weight is 213 g/mol. The summed E-state index contributed by atoms with van der Waals surface area (Å²) in [4.78, 5) is 21.4. The Balaban J connectivity index is 2.47. The first-order valence-corrected chi connectivity index (χ1v) is 4.38. The van der Waals surface area contributed by atoms with Crippen molar-refractivity contribution in [3.05, 3.63) is 35.9 Å². The van der Waals surface area contributed by atoms with E-state index in [1.54, 1.807) is 30.3 Å². The Labute approximate surface area is 86.2 Å². The van der Waals surface area contributed by atoms with Crippen LogP contribution in [0.3, 0.4) is 0 Å². The van der Waals surface area contributed by atoms with Crippen molar-refractivity contribution in [3.63, 3.8) is 0 Å². The second-order valence-corrected chi connectivity index (χ2v) is 2.97. The van der Waals surface area contributed by atoms with Gasteiger partial charge in [0.05, 0.1) is 0 Å². The van der Waals surface area contributed by atoms with E-state index in [0.717, 1.165) is 0 Å². The number of aldehydes is 1. The zero-order valence-corrected chi connectivity index (χ0v) is 7.99. The topological polar surface area (TPSA) is 58.2 Å². The third-order valence-corrected chi connectivity index (χ3v) is 1.69. The van der Waals surface area contributed by atoms with Gasteiger partial charge in [-0.15, -0.1) is 0 Å². The van der Waals surface area contributed by atoms with Crippen LogP contribution in [0.15, 0.2) is 30.3 Å². The van der Waals surface area contributed by atoms with E-state index in [-0.39, 0.29) is 5.91 Å². The maximum atomic E-state index is 11.3. The molecule has 0 radical (unpaired) electrons. The SMILES string of the molecule is O=CC(Cl)NNC(=O)c1ccccc1. The summed E-state index contributed by atoms with van der Waals surface area (Å²) in [5.74, 6) is -0.335. The van der Waals surface area contributed by atoms with Gasteiger partial charge in [-0.25, -0.2) is 5.43 Å². The van der Waals surface area contributed by atoms with Crippen LogP contribution in [0.1, 0.15) is 10.4 Å². The molecule has 5 heteroatoms. The molecule has 0 spiro atoms. The first-order valence-electron chi connectivity index (χ1n) is 3.94. The van der Waals surface area contributed by atoms with Crippen molar-refractivity contribution in [2.24, 2.45) is 0 Å². The van der Waals surface area contributed by atoms with Crippen molar-refractivity contribution >= 4 is 23.8 Å². The molecule has 1 unspecified atom stereocenters. The summed E-state index contributed by atoms with van der Waals surface area (Å²) >= 11 is 5.40. The van der Waals surface area contributed by atoms with Gasteiger partial charge in [0.1, 0.15) is 0 Å². The Morgan fingerprint density at radius 3 is 2.57 bits per heavy atom. The zero-order chi connectivity index (χ0) is 10.4. The number of carbonyl (C=O) groups excluding carboxylic acids is 2. The summed E-state index contributed by atoms with van der Waals surface area (Å²) in [5, 5.41) is 0. The molecule has 74 valence electrons. The molecule has 0 aliphatic heterocycles. The summed E-state index contributed by atoms with van der Waals surface area (Å²) < 4.78 is 0. The van der Waals surface area contributed by atoms with Gasteiger partial charge >= 0.3 is 0 Å². The number of amides is 1. The van der Waals surface area contributed by atoms with E-state index in [4.69, 9.17) is 11.6 Å². The highest BCUT2D eigenvalue weighted by atomic mass is 35.5. The maximum absolute atomic E-state index is 11.3. The number of hydrazine groups is 1. The first-order chi connectivity index (χ1) is 6.74. The highest BCUT2D eigenvalue weighted by Gasteiger charge is 2.05. The summed E-state index contributed by atoms with van der Waals surface area (Å²) in [5.41, 5.74) is 4.21. The highest BCUT2D eigenvalue weighted by molar-refractivity contribution is 6.27. The van der Waals surface area contributed by atoms with E-state index in [2.05, 4.69) is 10.9 Å². The van der Waals surface area contributed by atoms with Gasteiger partial charge in [-0.3, -0.25) is 10.2 Å². The molecule has 0 fully saturated rings. The lowest BCUT2D eigenvalue weighted by molar-refractivity contribution is -0.108. The number of hydrogen-bond donors (Lipinski definition) is 2. The average Bonchev–Trinajstić information content (AvgIpc) is 2.26. The van der Waals surface area contributed by atoms with E-state index in [0.29, 0.717) is 11.8 Å². The highest BCUT2D eigenvalue weighted by Crippen LogP contribution is 1.96. The van der Waals surface area contributed by atoms with Gasteiger partial charge in [0, 0.05) is 5.56 Å². The molecule has 1 aromatic rings. The fourth-order valence-corrected chi connectivity index (χ4v) is 0.885. The second kappa shape index (κ2) is 5.36. The number of nitrogens with one attached hydrogen (secondary N) is 2. The lowest BCUT2D eigenvalue weighted by Gasteiger charge is -2.07. The van der Waals surface area contributed by atoms with E-state index in [1.807, 2.05) is 0 Å². The molecule has 1 amide bonds. The van der Waals surface area contributed by atoms with E-state index in [9.17, 15) is 9.59 Å². The molecule has 0 heterocycles. The van der Waals surface area contributed by atoms with Gasteiger partial charge in [0.25, 0.3) is 5.91 Å². The lowest BCUT2D eigenvalue weighted by Crippen LogP contribution is -2.42. The van der Waals surface area contributed by atoms with Crippen LogP contribution in [0.5, 0.6) is 0 Å². The first kappa shape index (κ1) is 10.7. The molecule has 1 aromatic carbocycles. The van der Waals surface area contributed by atoms with Crippen molar-refractivity contribution < 1.29 is 9.59 Å². The quantitative estimate of drug-likeness (QED) is 0.334. The Bertz CT molecular complexity index is 316. The Hall–Kier alpha value is -1.39. The molecule has 0 aliphatic rings. The molecule has 1 atom stereocenters. The van der Waals surface area contributed by atoms with Crippen LogP contribution in [-0.2, 0) is 4.79 Å². The number of halogens is 1. The third kappa shape index (κ3) is 3.16. The fourth-order valence-electron chi connectivity index (χ4n) is 0.830. The number of hydrogen-bond acceptors (Lipinski definition) is 3. The predicted molar refractivity (Wildman–Crippen MR) is 52.7 cm³/mol. The van der Waals surface area contributed by atoms with Gasteiger partial charge in [-0.2, -0.15) is 0 Å². The zero-order valence-electron chi connectivity index (χ0n) is 7.24. The van der Waals surface area contributed by atoms with Crippen molar-refractivity contribution in [1.82, 2.24) is 10.9 Å². The standard InChI is InChI=1S/C9H9ClN2O2/c10-8(6-13)11-12-9(14)7-4-2-1-3-5-7/h1-6,8,11H,(H,12,14). The molecular formula is C9H9ClN2O2. The maximum Gasteiger partial charge on any atom is 0.265 e. The smallest absolute Gasteiger partial charge is 0.265 e. The summed E-state index contributed by atoms with van der Waals surface area (Å²) in [6.45, 7) is 0. The van der Waals surface area contributed by atoms with Gasteiger partial charge in [0.15, 0.2) is 11.8 Å². The molecule has 0 saturated carbocycles. The molecular weight excluding hydrogens is 204 g/mol. The van der Waals surface area contributed by atoms with E-state index < -0.39 is 5.50 Å². The number of alkyl halides is 1. The van der Waals surface area contributed by atoms with Gasteiger partial charge < -0.3 is 4.79 Å². The minimum atomic E-state index is -0.914. The molecule has 0 aromatic heterocycles. The molecule has 0 aliphatic carbocycles. The van der Waals surface area contributed by atoms with E-state index >= 15 is 0 Å². The Morgan fingerprint density at radius 2 is 2.00 bits per heavy atom. The van der Waals surface area contributed by atoms with Gasteiger partial charge in [0.2, 0.25) is 0 Å². The van der Waals surface area contributed by atoms with Gasteiger partial charge in [-0.1, -0.05) is 29.8 Å². The third-order valence-electron chi connectivity index (χ3n) is 1.48. The number of carbonyl (C=O) groups is 2. The largest absolute Gasteiger partial charge is 0.300 e. The normalized spacial score (nSPS) is 11.8. The van der Waals surface area contributed by atoms with Crippen molar-refractivity contribution in [2.75, 3.05) is 0 Å². The minimum absolute atomic E-state index is 0.335. The number of rotatable bonds is 4. The van der Waals surface area contributed by atoms with Crippen molar-refractivity contribution in [3.8, 4) is 0 Å². The minimum Gasteiger partial charge on any atom is -0.300 e.